The quantitative estimate of drug-likeness (QED) is 0.446. The molecule has 3 aromatic carbocycles. The lowest BCUT2D eigenvalue weighted by atomic mass is 10.0. The summed E-state index contributed by atoms with van der Waals surface area (Å²) < 4.78 is 28.9. The van der Waals surface area contributed by atoms with Crippen molar-refractivity contribution in [2.45, 2.75) is 25.2 Å². The number of benzene rings is 3. The summed E-state index contributed by atoms with van der Waals surface area (Å²) in [6.45, 7) is 7.48. The number of hydrogen-bond donors (Lipinski definition) is 0. The van der Waals surface area contributed by atoms with Crippen molar-refractivity contribution in [2.24, 2.45) is 0 Å². The smallest absolute Gasteiger partial charge is 0.264 e. The van der Waals surface area contributed by atoms with E-state index in [0.717, 1.165) is 37.2 Å². The molecule has 3 rings (SSSR count). The molecule has 4 nitrogen and oxygen atoms in total. The molecule has 0 fully saturated rings. The molecule has 30 heavy (non-hydrogen) atoms. The van der Waals surface area contributed by atoms with Crippen LogP contribution >= 0.6 is 0 Å². The molecule has 0 N–H and O–H groups in total. The van der Waals surface area contributed by atoms with Crippen molar-refractivity contribution in [2.75, 3.05) is 30.5 Å². The SMILES string of the molecule is CCN(CC)CCCN(c1ccccc1-c1ccccc1)S(=O)(=O)c1ccccc1. The second-order valence-corrected chi connectivity index (χ2v) is 9.02. The number of anilines is 1. The lowest BCUT2D eigenvalue weighted by Gasteiger charge is -2.28. The number of rotatable bonds is 10. The minimum absolute atomic E-state index is 0.315. The summed E-state index contributed by atoms with van der Waals surface area (Å²) in [4.78, 5) is 2.63. The second kappa shape index (κ2) is 10.4. The van der Waals surface area contributed by atoms with Gasteiger partial charge in [-0.15, -0.1) is 0 Å². The number of nitrogens with zero attached hydrogens (tertiary/aromatic N) is 2. The highest BCUT2D eigenvalue weighted by molar-refractivity contribution is 7.92. The average Bonchev–Trinajstić information content (AvgIpc) is 2.80. The Morgan fingerprint density at radius 3 is 1.90 bits per heavy atom. The Labute approximate surface area is 180 Å². The summed E-state index contributed by atoms with van der Waals surface area (Å²) in [5.41, 5.74) is 2.64. The molecule has 0 aliphatic carbocycles. The molecule has 5 heteroatoms. The van der Waals surface area contributed by atoms with Crippen molar-refractivity contribution in [3.05, 3.63) is 84.9 Å². The van der Waals surface area contributed by atoms with E-state index in [2.05, 4.69) is 18.7 Å². The van der Waals surface area contributed by atoms with E-state index in [1.54, 1.807) is 28.6 Å². The first-order chi connectivity index (χ1) is 14.6. The minimum Gasteiger partial charge on any atom is -0.304 e. The molecule has 0 heterocycles. The number of para-hydroxylation sites is 1. The van der Waals surface area contributed by atoms with Crippen LogP contribution in [0, 0.1) is 0 Å². The molecule has 0 spiro atoms. The Kier molecular flexibility index (Phi) is 7.66. The first kappa shape index (κ1) is 22.1. The van der Waals surface area contributed by atoms with Crippen LogP contribution < -0.4 is 4.31 Å². The highest BCUT2D eigenvalue weighted by Gasteiger charge is 2.26. The van der Waals surface area contributed by atoms with Gasteiger partial charge in [0.1, 0.15) is 0 Å². The molecule has 0 aliphatic rings. The van der Waals surface area contributed by atoms with Crippen LogP contribution in [0.1, 0.15) is 20.3 Å². The molecule has 158 valence electrons. The lowest BCUT2D eigenvalue weighted by molar-refractivity contribution is 0.302. The van der Waals surface area contributed by atoms with E-state index in [1.165, 1.54) is 0 Å². The Bertz CT molecular complexity index is 1020. The maximum atomic E-state index is 13.6. The largest absolute Gasteiger partial charge is 0.304 e. The molecule has 0 saturated heterocycles. The Morgan fingerprint density at radius 1 is 0.700 bits per heavy atom. The van der Waals surface area contributed by atoms with Gasteiger partial charge in [0.05, 0.1) is 10.6 Å². The van der Waals surface area contributed by atoms with Crippen LogP contribution in [0.4, 0.5) is 5.69 Å². The van der Waals surface area contributed by atoms with Gasteiger partial charge in [-0.25, -0.2) is 8.42 Å². The lowest BCUT2D eigenvalue weighted by Crippen LogP contribution is -2.35. The van der Waals surface area contributed by atoms with Gasteiger partial charge in [-0.05, 0) is 49.8 Å². The molecule has 0 aromatic heterocycles. The van der Waals surface area contributed by atoms with Gasteiger partial charge in [-0.3, -0.25) is 4.31 Å². The molecule has 0 saturated carbocycles. The van der Waals surface area contributed by atoms with E-state index in [-0.39, 0.29) is 0 Å². The Balaban J connectivity index is 2.03. The first-order valence-electron chi connectivity index (χ1n) is 10.5. The van der Waals surface area contributed by atoms with Crippen LogP contribution in [-0.2, 0) is 10.0 Å². The van der Waals surface area contributed by atoms with Gasteiger partial charge < -0.3 is 4.90 Å². The normalized spacial score (nSPS) is 11.6. The molecule has 3 aromatic rings. The van der Waals surface area contributed by atoms with E-state index in [1.807, 2.05) is 60.7 Å². The van der Waals surface area contributed by atoms with Crippen molar-refractivity contribution in [3.8, 4) is 11.1 Å². The van der Waals surface area contributed by atoms with Crippen molar-refractivity contribution in [1.82, 2.24) is 4.90 Å². The fourth-order valence-electron chi connectivity index (χ4n) is 3.62. The van der Waals surface area contributed by atoms with Gasteiger partial charge in [-0.1, -0.05) is 80.6 Å². The van der Waals surface area contributed by atoms with Gasteiger partial charge >= 0.3 is 0 Å². The van der Waals surface area contributed by atoms with E-state index in [9.17, 15) is 8.42 Å². The van der Waals surface area contributed by atoms with Crippen molar-refractivity contribution >= 4 is 15.7 Å². The summed E-state index contributed by atoms with van der Waals surface area (Å²) in [5.74, 6) is 0. The standard InChI is InChI=1S/C25H30N2O2S/c1-3-26(4-2)20-13-21-27(30(28,29)23-16-9-6-10-17-23)25-19-12-11-18-24(25)22-14-7-5-8-15-22/h5-12,14-19H,3-4,13,20-21H2,1-2H3. The third kappa shape index (κ3) is 5.10. The predicted molar refractivity (Wildman–Crippen MR) is 125 cm³/mol. The molecule has 0 amide bonds. The first-order valence-corrected chi connectivity index (χ1v) is 12.0. The zero-order valence-corrected chi connectivity index (χ0v) is 18.6. The van der Waals surface area contributed by atoms with Gasteiger partial charge in [-0.2, -0.15) is 0 Å². The Hall–Kier alpha value is -2.63. The maximum Gasteiger partial charge on any atom is 0.264 e. The van der Waals surface area contributed by atoms with Crippen LogP contribution in [0.25, 0.3) is 11.1 Å². The Morgan fingerprint density at radius 2 is 1.27 bits per heavy atom. The fraction of sp³-hybridized carbons (Fsp3) is 0.280. The van der Waals surface area contributed by atoms with Crippen LogP contribution in [0.15, 0.2) is 89.8 Å². The topological polar surface area (TPSA) is 40.6 Å². The summed E-state index contributed by atoms with van der Waals surface area (Å²) in [5, 5.41) is 0. The molecular weight excluding hydrogens is 392 g/mol. The molecule has 0 radical (unpaired) electrons. The van der Waals surface area contributed by atoms with Crippen LogP contribution in [-0.4, -0.2) is 39.5 Å². The van der Waals surface area contributed by atoms with Gasteiger partial charge in [0.25, 0.3) is 10.0 Å². The molecule has 0 unspecified atom stereocenters. The molecule has 0 atom stereocenters. The highest BCUT2D eigenvalue weighted by Crippen LogP contribution is 2.34. The van der Waals surface area contributed by atoms with Crippen molar-refractivity contribution < 1.29 is 8.42 Å². The van der Waals surface area contributed by atoms with Gasteiger partial charge in [0.2, 0.25) is 0 Å². The predicted octanol–water partition coefficient (Wildman–Crippen LogP) is 5.28. The van der Waals surface area contributed by atoms with Gasteiger partial charge in [0.15, 0.2) is 0 Å². The molecular formula is C25H30N2O2S. The van der Waals surface area contributed by atoms with E-state index in [4.69, 9.17) is 0 Å². The third-order valence-corrected chi connectivity index (χ3v) is 7.15. The van der Waals surface area contributed by atoms with Crippen molar-refractivity contribution in [3.63, 3.8) is 0 Å². The summed E-state index contributed by atoms with van der Waals surface area (Å²) in [6.07, 6.45) is 0.761. The van der Waals surface area contributed by atoms with Crippen LogP contribution in [0.5, 0.6) is 0 Å². The van der Waals surface area contributed by atoms with E-state index < -0.39 is 10.0 Å². The van der Waals surface area contributed by atoms with Crippen LogP contribution in [0.3, 0.4) is 0 Å². The minimum atomic E-state index is -3.68. The zero-order valence-electron chi connectivity index (χ0n) is 17.7. The molecule has 0 bridgehead atoms. The summed E-state index contributed by atoms with van der Waals surface area (Å²) in [7, 11) is -3.68. The highest BCUT2D eigenvalue weighted by atomic mass is 32.2. The molecule has 0 aliphatic heterocycles. The third-order valence-electron chi connectivity index (χ3n) is 5.32. The van der Waals surface area contributed by atoms with Crippen LogP contribution in [0.2, 0.25) is 0 Å². The number of sulfonamides is 1. The van der Waals surface area contributed by atoms with E-state index >= 15 is 0 Å². The van der Waals surface area contributed by atoms with Crippen molar-refractivity contribution in [1.29, 1.82) is 0 Å². The maximum absolute atomic E-state index is 13.6. The zero-order chi connectivity index (χ0) is 21.4. The second-order valence-electron chi connectivity index (χ2n) is 7.15. The fourth-order valence-corrected chi connectivity index (χ4v) is 5.16. The van der Waals surface area contributed by atoms with E-state index in [0.29, 0.717) is 17.1 Å². The summed E-state index contributed by atoms with van der Waals surface area (Å²) in [6, 6.07) is 26.4. The monoisotopic (exact) mass is 422 g/mol. The van der Waals surface area contributed by atoms with Gasteiger partial charge in [0, 0.05) is 12.1 Å². The number of hydrogen-bond acceptors (Lipinski definition) is 3. The summed E-state index contributed by atoms with van der Waals surface area (Å²) >= 11 is 0. The average molecular weight is 423 g/mol.